The first-order valence-electron chi connectivity index (χ1n) is 8.07. The van der Waals surface area contributed by atoms with Gasteiger partial charge in [0.1, 0.15) is 0 Å². The monoisotopic (exact) mass is 304 g/mol. The first-order valence-corrected chi connectivity index (χ1v) is 8.07. The van der Waals surface area contributed by atoms with Crippen molar-refractivity contribution in [1.82, 2.24) is 20.5 Å². The van der Waals surface area contributed by atoms with E-state index in [9.17, 15) is 4.79 Å². The zero-order valence-corrected chi connectivity index (χ0v) is 12.8. The molecule has 3 heterocycles. The van der Waals surface area contributed by atoms with Gasteiger partial charge in [-0.2, -0.15) is 0 Å². The molecule has 6 nitrogen and oxygen atoms in total. The van der Waals surface area contributed by atoms with Crippen LogP contribution in [0.4, 0.5) is 4.79 Å². The highest BCUT2D eigenvalue weighted by Gasteiger charge is 2.32. The summed E-state index contributed by atoms with van der Waals surface area (Å²) >= 11 is 0. The van der Waals surface area contributed by atoms with Gasteiger partial charge in [-0.25, -0.2) is 4.79 Å². The van der Waals surface area contributed by atoms with E-state index in [1.165, 1.54) is 19.4 Å². The summed E-state index contributed by atoms with van der Waals surface area (Å²) in [6, 6.07) is 4.39. The summed E-state index contributed by atoms with van der Waals surface area (Å²) in [7, 11) is 0. The largest absolute Gasteiger partial charge is 0.373 e. The van der Waals surface area contributed by atoms with Gasteiger partial charge in [0.05, 0.1) is 12.7 Å². The maximum atomic E-state index is 11.8. The van der Waals surface area contributed by atoms with Gasteiger partial charge in [0, 0.05) is 38.1 Å². The smallest absolute Gasteiger partial charge is 0.314 e. The maximum absolute atomic E-state index is 11.8. The van der Waals surface area contributed by atoms with Crippen molar-refractivity contribution in [2.45, 2.75) is 31.4 Å². The minimum Gasteiger partial charge on any atom is -0.373 e. The van der Waals surface area contributed by atoms with Gasteiger partial charge >= 0.3 is 6.03 Å². The number of rotatable bonds is 5. The normalized spacial score (nSPS) is 24.7. The Hall–Kier alpha value is -1.66. The minimum atomic E-state index is -0.129. The maximum Gasteiger partial charge on any atom is 0.314 e. The van der Waals surface area contributed by atoms with Crippen molar-refractivity contribution in [3.8, 4) is 0 Å². The van der Waals surface area contributed by atoms with Gasteiger partial charge in [0.25, 0.3) is 0 Å². The lowest BCUT2D eigenvalue weighted by Gasteiger charge is -2.35. The minimum absolute atomic E-state index is 0.110. The molecule has 2 atom stereocenters. The van der Waals surface area contributed by atoms with Crippen LogP contribution in [0.1, 0.15) is 18.4 Å². The SMILES string of the molecule is O=C(NCCc1cccnc1)NC[C@@H]1CN2CCC[C@H]2CO1. The van der Waals surface area contributed by atoms with E-state index in [2.05, 4.69) is 20.5 Å². The van der Waals surface area contributed by atoms with E-state index in [0.717, 1.165) is 25.1 Å². The topological polar surface area (TPSA) is 66.5 Å². The molecule has 0 aliphatic carbocycles. The van der Waals surface area contributed by atoms with Crippen LogP contribution in [-0.4, -0.2) is 60.8 Å². The van der Waals surface area contributed by atoms with Crippen molar-refractivity contribution in [3.05, 3.63) is 30.1 Å². The Kier molecular flexibility index (Phi) is 5.24. The highest BCUT2D eigenvalue weighted by atomic mass is 16.5. The molecule has 2 amide bonds. The standard InChI is InChI=1S/C16H24N4O2/c21-16(18-7-5-13-3-1-6-17-9-13)19-10-15-11-20-8-2-4-14(20)12-22-15/h1,3,6,9,14-15H,2,4-5,7-8,10-12H2,(H2,18,19,21)/t14-,15+/m0/s1. The average Bonchev–Trinajstić information content (AvgIpc) is 3.01. The van der Waals surface area contributed by atoms with E-state index >= 15 is 0 Å². The van der Waals surface area contributed by atoms with Crippen LogP contribution in [0.3, 0.4) is 0 Å². The predicted octanol–water partition coefficient (Wildman–Crippen LogP) is 0.786. The number of hydrogen-bond acceptors (Lipinski definition) is 4. The van der Waals surface area contributed by atoms with Gasteiger partial charge in [-0.15, -0.1) is 0 Å². The van der Waals surface area contributed by atoms with Gasteiger partial charge in [0.2, 0.25) is 0 Å². The van der Waals surface area contributed by atoms with Crippen molar-refractivity contribution >= 4 is 6.03 Å². The first-order chi connectivity index (χ1) is 10.8. The summed E-state index contributed by atoms with van der Waals surface area (Å²) in [6.45, 7) is 4.08. The number of nitrogens with zero attached hydrogens (tertiary/aromatic N) is 2. The molecule has 6 heteroatoms. The van der Waals surface area contributed by atoms with Crippen LogP contribution in [0.2, 0.25) is 0 Å². The Balaban J connectivity index is 1.31. The zero-order chi connectivity index (χ0) is 15.2. The van der Waals surface area contributed by atoms with E-state index in [4.69, 9.17) is 4.74 Å². The van der Waals surface area contributed by atoms with Crippen molar-refractivity contribution in [2.24, 2.45) is 0 Å². The summed E-state index contributed by atoms with van der Waals surface area (Å²) in [4.78, 5) is 18.3. The molecule has 2 fully saturated rings. The Morgan fingerprint density at radius 2 is 2.41 bits per heavy atom. The molecule has 0 spiro atoms. The molecule has 0 bridgehead atoms. The van der Waals surface area contributed by atoms with E-state index < -0.39 is 0 Å². The number of pyridine rings is 1. The molecule has 0 radical (unpaired) electrons. The summed E-state index contributed by atoms with van der Waals surface area (Å²) in [6.07, 6.45) is 6.98. The lowest BCUT2D eigenvalue weighted by Crippen LogP contribution is -2.51. The number of ether oxygens (including phenoxy) is 1. The molecule has 0 aromatic carbocycles. The highest BCUT2D eigenvalue weighted by Crippen LogP contribution is 2.22. The molecule has 2 N–H and O–H groups in total. The van der Waals surface area contributed by atoms with Crippen molar-refractivity contribution in [2.75, 3.05) is 32.8 Å². The fourth-order valence-electron chi connectivity index (χ4n) is 3.14. The number of aromatic nitrogens is 1. The summed E-state index contributed by atoms with van der Waals surface area (Å²) < 4.78 is 5.82. The first kappa shape index (κ1) is 15.2. The second-order valence-electron chi connectivity index (χ2n) is 5.99. The summed E-state index contributed by atoms with van der Waals surface area (Å²) in [5.41, 5.74) is 1.12. The van der Waals surface area contributed by atoms with E-state index in [1.807, 2.05) is 18.3 Å². The van der Waals surface area contributed by atoms with E-state index in [-0.39, 0.29) is 12.1 Å². The second-order valence-corrected chi connectivity index (χ2v) is 5.99. The lowest BCUT2D eigenvalue weighted by molar-refractivity contribution is -0.0457. The third-order valence-electron chi connectivity index (χ3n) is 4.37. The van der Waals surface area contributed by atoms with Crippen LogP contribution in [0.25, 0.3) is 0 Å². The molecule has 0 saturated carbocycles. The van der Waals surface area contributed by atoms with Crippen LogP contribution in [0.15, 0.2) is 24.5 Å². The van der Waals surface area contributed by atoms with Crippen molar-refractivity contribution in [1.29, 1.82) is 0 Å². The third-order valence-corrected chi connectivity index (χ3v) is 4.37. The van der Waals surface area contributed by atoms with Crippen LogP contribution >= 0.6 is 0 Å². The van der Waals surface area contributed by atoms with Gasteiger partial charge in [0.15, 0.2) is 0 Å². The van der Waals surface area contributed by atoms with Gasteiger partial charge in [-0.1, -0.05) is 6.07 Å². The number of amides is 2. The Labute approximate surface area is 131 Å². The number of nitrogens with one attached hydrogen (secondary N) is 2. The van der Waals surface area contributed by atoms with Crippen LogP contribution in [0.5, 0.6) is 0 Å². The average molecular weight is 304 g/mol. The van der Waals surface area contributed by atoms with Crippen LogP contribution < -0.4 is 10.6 Å². The summed E-state index contributed by atoms with van der Waals surface area (Å²) in [5, 5.41) is 5.77. The zero-order valence-electron chi connectivity index (χ0n) is 12.8. The number of fused-ring (bicyclic) bond motifs is 1. The molecule has 1 aromatic rings. The van der Waals surface area contributed by atoms with Crippen molar-refractivity contribution < 1.29 is 9.53 Å². The fraction of sp³-hybridized carbons (Fsp3) is 0.625. The molecule has 120 valence electrons. The number of morpholine rings is 1. The molecule has 2 saturated heterocycles. The van der Waals surface area contributed by atoms with Gasteiger partial charge < -0.3 is 15.4 Å². The molecular formula is C16H24N4O2. The van der Waals surface area contributed by atoms with E-state index in [0.29, 0.717) is 19.1 Å². The molecule has 22 heavy (non-hydrogen) atoms. The Morgan fingerprint density at radius 1 is 1.45 bits per heavy atom. The van der Waals surface area contributed by atoms with Crippen LogP contribution in [-0.2, 0) is 11.2 Å². The Bertz CT molecular complexity index is 482. The number of carbonyl (C=O) groups is 1. The molecule has 0 unspecified atom stereocenters. The number of hydrogen-bond donors (Lipinski definition) is 2. The quantitative estimate of drug-likeness (QED) is 0.844. The van der Waals surface area contributed by atoms with Crippen LogP contribution in [0, 0.1) is 0 Å². The van der Waals surface area contributed by atoms with Gasteiger partial charge in [-0.3, -0.25) is 9.88 Å². The molecule has 1 aromatic heterocycles. The summed E-state index contributed by atoms with van der Waals surface area (Å²) in [5.74, 6) is 0. The molecule has 3 rings (SSSR count). The van der Waals surface area contributed by atoms with Gasteiger partial charge in [-0.05, 0) is 37.4 Å². The molecular weight excluding hydrogens is 280 g/mol. The fourth-order valence-corrected chi connectivity index (χ4v) is 3.14. The number of urea groups is 1. The lowest BCUT2D eigenvalue weighted by atomic mass is 10.2. The third kappa shape index (κ3) is 4.18. The van der Waals surface area contributed by atoms with Crippen molar-refractivity contribution in [3.63, 3.8) is 0 Å². The number of carbonyl (C=O) groups excluding carboxylic acids is 1. The molecule has 2 aliphatic heterocycles. The van der Waals surface area contributed by atoms with E-state index in [1.54, 1.807) is 6.20 Å². The second kappa shape index (κ2) is 7.56. The highest BCUT2D eigenvalue weighted by molar-refractivity contribution is 5.73. The molecule has 2 aliphatic rings. The Morgan fingerprint density at radius 3 is 3.27 bits per heavy atom. The predicted molar refractivity (Wildman–Crippen MR) is 83.7 cm³/mol.